The molecule has 1 aliphatic heterocycles. The number of carbonyl (C=O) groups is 1. The molecule has 0 radical (unpaired) electrons. The van der Waals surface area contributed by atoms with Gasteiger partial charge in [-0.2, -0.15) is 5.10 Å². The van der Waals surface area contributed by atoms with Crippen LogP contribution in [0.25, 0.3) is 10.9 Å². The zero-order valence-corrected chi connectivity index (χ0v) is 14.4. The van der Waals surface area contributed by atoms with Gasteiger partial charge < -0.3 is 14.8 Å². The van der Waals surface area contributed by atoms with Crippen molar-refractivity contribution in [2.75, 3.05) is 25.5 Å². The monoisotopic (exact) mass is 337 g/mol. The molecule has 1 aromatic carbocycles. The smallest absolute Gasteiger partial charge is 0.245 e. The van der Waals surface area contributed by atoms with Gasteiger partial charge in [0, 0.05) is 17.8 Å². The van der Waals surface area contributed by atoms with E-state index in [0.717, 1.165) is 42.7 Å². The van der Waals surface area contributed by atoms with E-state index in [1.807, 2.05) is 45.8 Å². The summed E-state index contributed by atoms with van der Waals surface area (Å²) in [4.78, 5) is 14.9. The molecule has 1 amide bonds. The topological polar surface area (TPSA) is 55.1 Å². The molecule has 2 aromatic heterocycles. The van der Waals surface area contributed by atoms with Crippen molar-refractivity contribution < 1.29 is 4.79 Å². The van der Waals surface area contributed by atoms with Gasteiger partial charge in [0.25, 0.3) is 0 Å². The maximum Gasteiger partial charge on any atom is 0.245 e. The first-order valence-electron chi connectivity index (χ1n) is 8.76. The van der Waals surface area contributed by atoms with Crippen molar-refractivity contribution in [3.05, 3.63) is 48.8 Å². The van der Waals surface area contributed by atoms with Crippen LogP contribution in [0.3, 0.4) is 0 Å². The van der Waals surface area contributed by atoms with E-state index in [1.165, 1.54) is 0 Å². The van der Waals surface area contributed by atoms with Gasteiger partial charge in [-0.1, -0.05) is 18.2 Å². The average molecular weight is 337 g/mol. The number of nitrogens with one attached hydrogen (secondary N) is 1. The molecule has 0 spiro atoms. The minimum absolute atomic E-state index is 0.0315. The molecule has 0 atom stereocenters. The molecule has 3 heterocycles. The molecule has 6 nitrogen and oxygen atoms in total. The van der Waals surface area contributed by atoms with Gasteiger partial charge in [-0.3, -0.25) is 4.79 Å². The molecule has 3 aromatic rings. The second kappa shape index (κ2) is 6.72. The molecule has 1 N–H and O–H groups in total. The minimum Gasteiger partial charge on any atom is -0.338 e. The first kappa shape index (κ1) is 15.9. The number of aromatic nitrogens is 3. The van der Waals surface area contributed by atoms with E-state index >= 15 is 0 Å². The summed E-state index contributed by atoms with van der Waals surface area (Å²) in [5, 5.41) is 8.62. The number of fused-ring (bicyclic) bond motifs is 1. The molecule has 130 valence electrons. The van der Waals surface area contributed by atoms with Crippen LogP contribution < -0.4 is 5.32 Å². The van der Waals surface area contributed by atoms with E-state index in [0.29, 0.717) is 12.6 Å². The van der Waals surface area contributed by atoms with Crippen molar-refractivity contribution in [2.24, 2.45) is 0 Å². The first-order valence-corrected chi connectivity index (χ1v) is 8.76. The second-order valence-corrected chi connectivity index (χ2v) is 6.75. The summed E-state index contributed by atoms with van der Waals surface area (Å²) in [7, 11) is 2.14. The molecule has 0 saturated carbocycles. The van der Waals surface area contributed by atoms with E-state index in [4.69, 9.17) is 0 Å². The van der Waals surface area contributed by atoms with Crippen LogP contribution >= 0.6 is 0 Å². The van der Waals surface area contributed by atoms with Crippen LogP contribution in [0.4, 0.5) is 5.82 Å². The number of carbonyl (C=O) groups excluding carboxylic acids is 1. The Balaban J connectivity index is 1.46. The van der Waals surface area contributed by atoms with Gasteiger partial charge in [0.2, 0.25) is 5.91 Å². The summed E-state index contributed by atoms with van der Waals surface area (Å²) < 4.78 is 3.94. The normalized spacial score (nSPS) is 16.4. The standard InChI is InChI=1S/C19H23N5O/c1-22-11-8-16(9-12-22)24-18(6-10-20-24)21-19(25)14-23-13-7-15-4-2-3-5-17(15)23/h2-7,10,13,16H,8-9,11-12,14H2,1H3,(H,21,25). The van der Waals surface area contributed by atoms with Crippen LogP contribution in [0, 0.1) is 0 Å². The summed E-state index contributed by atoms with van der Waals surface area (Å²) in [6, 6.07) is 12.4. The van der Waals surface area contributed by atoms with Gasteiger partial charge in [-0.25, -0.2) is 4.68 Å². The van der Waals surface area contributed by atoms with E-state index in [9.17, 15) is 4.79 Å². The van der Waals surface area contributed by atoms with Gasteiger partial charge in [-0.05, 0) is 50.5 Å². The number of para-hydroxylation sites is 1. The third-order valence-electron chi connectivity index (χ3n) is 4.97. The Kier molecular flexibility index (Phi) is 4.28. The Morgan fingerprint density at radius 2 is 2.00 bits per heavy atom. The highest BCUT2D eigenvalue weighted by molar-refractivity contribution is 5.91. The highest BCUT2D eigenvalue weighted by Crippen LogP contribution is 2.24. The molecule has 0 bridgehead atoms. The second-order valence-electron chi connectivity index (χ2n) is 6.75. The molecular weight excluding hydrogens is 314 g/mol. The average Bonchev–Trinajstić information content (AvgIpc) is 3.23. The van der Waals surface area contributed by atoms with Crippen LogP contribution in [0.1, 0.15) is 18.9 Å². The van der Waals surface area contributed by atoms with Crippen LogP contribution in [0.15, 0.2) is 48.8 Å². The molecule has 0 unspecified atom stereocenters. The number of piperidine rings is 1. The van der Waals surface area contributed by atoms with E-state index in [1.54, 1.807) is 6.20 Å². The fourth-order valence-electron chi connectivity index (χ4n) is 3.56. The highest BCUT2D eigenvalue weighted by atomic mass is 16.2. The number of amides is 1. The summed E-state index contributed by atoms with van der Waals surface area (Å²) >= 11 is 0. The number of likely N-dealkylation sites (tertiary alicyclic amines) is 1. The zero-order valence-electron chi connectivity index (χ0n) is 14.4. The minimum atomic E-state index is -0.0315. The van der Waals surface area contributed by atoms with Crippen molar-refractivity contribution >= 4 is 22.6 Å². The molecular formula is C19H23N5O. The highest BCUT2D eigenvalue weighted by Gasteiger charge is 2.21. The summed E-state index contributed by atoms with van der Waals surface area (Å²) in [6.07, 6.45) is 5.84. The number of benzene rings is 1. The number of hydrogen-bond acceptors (Lipinski definition) is 3. The number of hydrogen-bond donors (Lipinski definition) is 1. The van der Waals surface area contributed by atoms with Crippen molar-refractivity contribution in [1.29, 1.82) is 0 Å². The van der Waals surface area contributed by atoms with E-state index < -0.39 is 0 Å². The first-order chi connectivity index (χ1) is 12.2. The van der Waals surface area contributed by atoms with Gasteiger partial charge in [0.05, 0.1) is 12.2 Å². The fraction of sp³-hybridized carbons (Fsp3) is 0.368. The fourth-order valence-corrected chi connectivity index (χ4v) is 3.56. The molecule has 6 heteroatoms. The third-order valence-corrected chi connectivity index (χ3v) is 4.97. The molecule has 0 aliphatic carbocycles. The largest absolute Gasteiger partial charge is 0.338 e. The predicted octanol–water partition coefficient (Wildman–Crippen LogP) is 2.74. The quantitative estimate of drug-likeness (QED) is 0.796. The lowest BCUT2D eigenvalue weighted by Gasteiger charge is -2.30. The number of anilines is 1. The Bertz CT molecular complexity index is 873. The van der Waals surface area contributed by atoms with Crippen molar-refractivity contribution in [2.45, 2.75) is 25.4 Å². The Labute approximate surface area is 147 Å². The third kappa shape index (κ3) is 3.30. The summed E-state index contributed by atoms with van der Waals surface area (Å²) in [6.45, 7) is 2.42. The zero-order chi connectivity index (χ0) is 17.2. The lowest BCUT2D eigenvalue weighted by Crippen LogP contribution is -2.32. The van der Waals surface area contributed by atoms with Gasteiger partial charge in [-0.15, -0.1) is 0 Å². The van der Waals surface area contributed by atoms with E-state index in [2.05, 4.69) is 28.4 Å². The molecule has 1 aliphatic rings. The van der Waals surface area contributed by atoms with Crippen molar-refractivity contribution in [3.8, 4) is 0 Å². The predicted molar refractivity (Wildman–Crippen MR) is 98.6 cm³/mol. The summed E-state index contributed by atoms with van der Waals surface area (Å²) in [5.74, 6) is 0.757. The van der Waals surface area contributed by atoms with Crippen LogP contribution in [0.5, 0.6) is 0 Å². The lowest BCUT2D eigenvalue weighted by molar-refractivity contribution is -0.116. The molecule has 1 saturated heterocycles. The van der Waals surface area contributed by atoms with Crippen LogP contribution in [0.2, 0.25) is 0 Å². The number of rotatable bonds is 4. The maximum atomic E-state index is 12.5. The van der Waals surface area contributed by atoms with Gasteiger partial charge in [0.15, 0.2) is 0 Å². The van der Waals surface area contributed by atoms with E-state index in [-0.39, 0.29) is 5.91 Å². The van der Waals surface area contributed by atoms with Gasteiger partial charge >= 0.3 is 0 Å². The Morgan fingerprint density at radius 3 is 2.84 bits per heavy atom. The lowest BCUT2D eigenvalue weighted by atomic mass is 10.1. The van der Waals surface area contributed by atoms with Gasteiger partial charge in [0.1, 0.15) is 12.4 Å². The van der Waals surface area contributed by atoms with Crippen molar-refractivity contribution in [1.82, 2.24) is 19.2 Å². The molecule has 1 fully saturated rings. The summed E-state index contributed by atoms with van der Waals surface area (Å²) in [5.41, 5.74) is 1.07. The SMILES string of the molecule is CN1CCC(n2nccc2NC(=O)Cn2ccc3ccccc32)CC1. The molecule has 4 rings (SSSR count). The number of nitrogens with zero attached hydrogens (tertiary/aromatic N) is 4. The van der Waals surface area contributed by atoms with Crippen LogP contribution in [-0.4, -0.2) is 45.3 Å². The maximum absolute atomic E-state index is 12.5. The molecule has 25 heavy (non-hydrogen) atoms. The van der Waals surface area contributed by atoms with Crippen LogP contribution in [-0.2, 0) is 11.3 Å². The Morgan fingerprint density at radius 1 is 1.20 bits per heavy atom. The Hall–Kier alpha value is -2.60. The van der Waals surface area contributed by atoms with Crippen molar-refractivity contribution in [3.63, 3.8) is 0 Å².